The Morgan fingerprint density at radius 2 is 1.60 bits per heavy atom. The van der Waals surface area contributed by atoms with Gasteiger partial charge < -0.3 is 14.8 Å². The zero-order valence-corrected chi connectivity index (χ0v) is 32.2. The number of carbonyl (C=O) groups is 2. The van der Waals surface area contributed by atoms with Gasteiger partial charge in [0.05, 0.1) is 24.1 Å². The van der Waals surface area contributed by atoms with Gasteiger partial charge in [-0.2, -0.15) is 5.10 Å². The van der Waals surface area contributed by atoms with Gasteiger partial charge in [-0.1, -0.05) is 52.3 Å². The molecule has 1 amide bonds. The minimum Gasteiger partial charge on any atom is -0.444 e. The standard InChI is InChI=1S/C39H53ClN6O4/c1-24-15-29(44-45-32(24)40)30(47)28-12-11-26(31(43-28)34(3,4)5)27-16-42-46(25(27)2)23-38-18-36(9)17-37(10,19-38)21-39(20-36,22-38)49-14-13-41-33(48)50-35(6,7)8/h11-12,15-16H,13-14,17-23H2,1-10H3,(H,41,48). The van der Waals surface area contributed by atoms with Crippen molar-refractivity contribution in [2.45, 2.75) is 131 Å². The van der Waals surface area contributed by atoms with Crippen LogP contribution in [0.1, 0.15) is 127 Å². The molecule has 4 bridgehead atoms. The summed E-state index contributed by atoms with van der Waals surface area (Å²) in [5, 5.41) is 16.1. The summed E-state index contributed by atoms with van der Waals surface area (Å²) in [6.45, 7) is 22.4. The van der Waals surface area contributed by atoms with Gasteiger partial charge in [-0.05, 0) is 107 Å². The molecule has 10 nitrogen and oxygen atoms in total. The summed E-state index contributed by atoms with van der Waals surface area (Å²) < 4.78 is 14.4. The fourth-order valence-electron chi connectivity index (χ4n) is 10.2. The number of amides is 1. The van der Waals surface area contributed by atoms with Crippen LogP contribution in [0.25, 0.3) is 11.1 Å². The van der Waals surface area contributed by atoms with E-state index < -0.39 is 11.7 Å². The van der Waals surface area contributed by atoms with Crippen LogP contribution in [-0.2, 0) is 21.4 Å². The third-order valence-electron chi connectivity index (χ3n) is 10.7. The fraction of sp³-hybridized carbons (Fsp3) is 0.641. The number of nitrogens with one attached hydrogen (secondary N) is 1. The molecule has 0 aromatic carbocycles. The largest absolute Gasteiger partial charge is 0.444 e. The summed E-state index contributed by atoms with van der Waals surface area (Å²) in [5.74, 6) is -0.290. The van der Waals surface area contributed by atoms with Gasteiger partial charge in [-0.25, -0.2) is 9.78 Å². The predicted molar refractivity (Wildman–Crippen MR) is 193 cm³/mol. The van der Waals surface area contributed by atoms with E-state index in [0.717, 1.165) is 61.2 Å². The molecule has 270 valence electrons. The number of nitrogens with zero attached hydrogens (tertiary/aromatic N) is 5. The number of rotatable bonds is 9. The average molecular weight is 705 g/mol. The Morgan fingerprint density at radius 3 is 2.22 bits per heavy atom. The average Bonchev–Trinajstić information content (AvgIpc) is 3.31. The number of ketones is 1. The van der Waals surface area contributed by atoms with Gasteiger partial charge >= 0.3 is 6.09 Å². The number of hydrogen-bond acceptors (Lipinski definition) is 8. The molecule has 1 N–H and O–H groups in total. The maximum atomic E-state index is 13.4. The van der Waals surface area contributed by atoms with Crippen molar-refractivity contribution in [2.24, 2.45) is 16.2 Å². The lowest BCUT2D eigenvalue weighted by Crippen LogP contribution is -2.64. The lowest BCUT2D eigenvalue weighted by molar-refractivity contribution is -0.247. The first-order chi connectivity index (χ1) is 23.1. The number of alkyl carbamates (subject to hydrolysis) is 1. The lowest BCUT2D eigenvalue weighted by atomic mass is 9.39. The van der Waals surface area contributed by atoms with E-state index in [-0.39, 0.29) is 43.9 Å². The summed E-state index contributed by atoms with van der Waals surface area (Å²) in [7, 11) is 0. The number of carbonyl (C=O) groups excluding carboxylic acids is 2. The van der Waals surface area contributed by atoms with E-state index in [2.05, 4.69) is 61.7 Å². The van der Waals surface area contributed by atoms with Crippen molar-refractivity contribution in [2.75, 3.05) is 13.2 Å². The molecule has 3 aromatic rings. The molecule has 0 aliphatic heterocycles. The molecule has 2 atom stereocenters. The van der Waals surface area contributed by atoms with E-state index in [1.807, 2.05) is 33.0 Å². The SMILES string of the molecule is Cc1cc(C(=O)c2ccc(-c3cnn(CC45CC6(C)CC(C)(C4)CC(OCCNC(=O)OC(C)(C)C)(C6)C5)c3C)c(C(C)(C)C)n2)nnc1Cl. The quantitative estimate of drug-likeness (QED) is 0.175. The molecular weight excluding hydrogens is 652 g/mol. The summed E-state index contributed by atoms with van der Waals surface area (Å²) >= 11 is 6.06. The minimum atomic E-state index is -0.537. The van der Waals surface area contributed by atoms with Gasteiger partial charge in [-0.3, -0.25) is 9.48 Å². The molecule has 4 saturated carbocycles. The molecule has 11 heteroatoms. The Bertz CT molecular complexity index is 1800. The third-order valence-corrected chi connectivity index (χ3v) is 11.1. The fourth-order valence-corrected chi connectivity index (χ4v) is 10.3. The van der Waals surface area contributed by atoms with Crippen molar-refractivity contribution < 1.29 is 19.1 Å². The molecule has 4 aliphatic carbocycles. The van der Waals surface area contributed by atoms with Gasteiger partial charge in [-0.15, -0.1) is 10.2 Å². The van der Waals surface area contributed by atoms with Crippen LogP contribution in [0.5, 0.6) is 0 Å². The van der Waals surface area contributed by atoms with Gasteiger partial charge in [0, 0.05) is 35.3 Å². The Balaban J connectivity index is 1.24. The predicted octanol–water partition coefficient (Wildman–Crippen LogP) is 8.19. The highest BCUT2D eigenvalue weighted by atomic mass is 35.5. The number of pyridine rings is 1. The van der Waals surface area contributed by atoms with Crippen LogP contribution in [-0.4, -0.2) is 61.2 Å². The molecule has 4 aliphatic rings. The van der Waals surface area contributed by atoms with E-state index >= 15 is 0 Å². The molecule has 0 radical (unpaired) electrons. The summed E-state index contributed by atoms with van der Waals surface area (Å²) in [5.41, 5.74) is 4.44. The Kier molecular flexibility index (Phi) is 9.03. The molecule has 3 heterocycles. The highest BCUT2D eigenvalue weighted by Crippen LogP contribution is 2.72. The van der Waals surface area contributed by atoms with Crippen molar-refractivity contribution in [3.8, 4) is 11.1 Å². The van der Waals surface area contributed by atoms with Crippen molar-refractivity contribution in [3.05, 3.63) is 57.9 Å². The summed E-state index contributed by atoms with van der Waals surface area (Å²) in [6, 6.07) is 5.42. The van der Waals surface area contributed by atoms with E-state index in [0.29, 0.717) is 24.4 Å². The van der Waals surface area contributed by atoms with Gasteiger partial charge in [0.2, 0.25) is 5.78 Å². The maximum Gasteiger partial charge on any atom is 0.407 e. The number of aromatic nitrogens is 5. The van der Waals surface area contributed by atoms with Crippen molar-refractivity contribution in [3.63, 3.8) is 0 Å². The second kappa shape index (κ2) is 12.4. The monoisotopic (exact) mass is 704 g/mol. The zero-order chi connectivity index (χ0) is 36.5. The second-order valence-corrected chi connectivity index (χ2v) is 18.7. The van der Waals surface area contributed by atoms with E-state index in [4.69, 9.17) is 31.2 Å². The Hall–Kier alpha value is -3.37. The molecule has 0 saturated heterocycles. The van der Waals surface area contributed by atoms with Gasteiger partial charge in [0.25, 0.3) is 0 Å². The topological polar surface area (TPSA) is 121 Å². The first kappa shape index (κ1) is 36.4. The number of hydrogen-bond donors (Lipinski definition) is 1. The number of aryl methyl sites for hydroxylation is 1. The zero-order valence-electron chi connectivity index (χ0n) is 31.4. The summed E-state index contributed by atoms with van der Waals surface area (Å²) in [4.78, 5) is 30.6. The number of ether oxygens (including phenoxy) is 2. The van der Waals surface area contributed by atoms with E-state index in [1.165, 1.54) is 6.42 Å². The van der Waals surface area contributed by atoms with Crippen LogP contribution >= 0.6 is 11.6 Å². The first-order valence-corrected chi connectivity index (χ1v) is 18.2. The molecular formula is C39H53ClN6O4. The molecule has 4 fully saturated rings. The Labute approximate surface area is 301 Å². The van der Waals surface area contributed by atoms with Gasteiger partial charge in [0.15, 0.2) is 5.15 Å². The van der Waals surface area contributed by atoms with Crippen LogP contribution < -0.4 is 5.32 Å². The van der Waals surface area contributed by atoms with Crippen molar-refractivity contribution in [1.29, 1.82) is 0 Å². The molecule has 7 rings (SSSR count). The van der Waals surface area contributed by atoms with Crippen LogP contribution in [0.3, 0.4) is 0 Å². The van der Waals surface area contributed by atoms with Crippen molar-refractivity contribution >= 4 is 23.5 Å². The molecule has 3 aromatic heterocycles. The smallest absolute Gasteiger partial charge is 0.407 e. The molecule has 2 unspecified atom stereocenters. The van der Waals surface area contributed by atoms with Crippen LogP contribution in [0.4, 0.5) is 4.79 Å². The highest BCUT2D eigenvalue weighted by molar-refractivity contribution is 6.30. The third kappa shape index (κ3) is 7.33. The van der Waals surface area contributed by atoms with E-state index in [9.17, 15) is 9.59 Å². The second-order valence-electron chi connectivity index (χ2n) is 18.3. The normalized spacial score (nSPS) is 27.4. The van der Waals surface area contributed by atoms with Crippen LogP contribution in [0.2, 0.25) is 5.15 Å². The minimum absolute atomic E-state index is 0.0457. The maximum absolute atomic E-state index is 13.4. The van der Waals surface area contributed by atoms with E-state index in [1.54, 1.807) is 19.1 Å². The van der Waals surface area contributed by atoms with Crippen LogP contribution in [0, 0.1) is 30.1 Å². The molecule has 50 heavy (non-hydrogen) atoms. The number of halogens is 1. The summed E-state index contributed by atoms with van der Waals surface area (Å²) in [6.07, 6.45) is 8.09. The van der Waals surface area contributed by atoms with Gasteiger partial charge in [0.1, 0.15) is 17.0 Å². The molecule has 0 spiro atoms. The lowest BCUT2D eigenvalue weighted by Gasteiger charge is -2.69. The Morgan fingerprint density at radius 1 is 0.920 bits per heavy atom. The van der Waals surface area contributed by atoms with Crippen LogP contribution in [0.15, 0.2) is 24.4 Å². The highest BCUT2D eigenvalue weighted by Gasteiger charge is 2.66. The first-order valence-electron chi connectivity index (χ1n) is 17.8. The van der Waals surface area contributed by atoms with Crippen molar-refractivity contribution in [1.82, 2.24) is 30.3 Å².